The number of benzene rings is 2. The van der Waals surface area contributed by atoms with E-state index in [-0.39, 0.29) is 11.9 Å². The van der Waals surface area contributed by atoms with E-state index < -0.39 is 0 Å². The van der Waals surface area contributed by atoms with Gasteiger partial charge in [0.1, 0.15) is 5.75 Å². The topological polar surface area (TPSA) is 38.3 Å². The van der Waals surface area contributed by atoms with Gasteiger partial charge in [-0.3, -0.25) is 4.79 Å². The fourth-order valence-electron chi connectivity index (χ4n) is 2.05. The second-order valence-electron chi connectivity index (χ2n) is 4.63. The van der Waals surface area contributed by atoms with Crippen molar-refractivity contribution in [3.8, 4) is 5.75 Å². The van der Waals surface area contributed by atoms with Gasteiger partial charge in [0.15, 0.2) is 0 Å². The lowest BCUT2D eigenvalue weighted by molar-refractivity contribution is -0.119. The molecule has 4 heteroatoms. The summed E-state index contributed by atoms with van der Waals surface area (Å²) in [5.74, 6) is 1.21. The molecule has 3 nitrogen and oxygen atoms in total. The van der Waals surface area contributed by atoms with Crippen LogP contribution in [0.2, 0.25) is 0 Å². The van der Waals surface area contributed by atoms with Crippen molar-refractivity contribution in [3.05, 3.63) is 60.2 Å². The number of hydrogen-bond acceptors (Lipinski definition) is 3. The molecule has 0 aliphatic heterocycles. The van der Waals surface area contributed by atoms with Crippen LogP contribution in [0.4, 0.5) is 0 Å². The molecule has 0 bridgehead atoms. The van der Waals surface area contributed by atoms with Gasteiger partial charge in [-0.1, -0.05) is 36.4 Å². The van der Waals surface area contributed by atoms with E-state index in [9.17, 15) is 4.79 Å². The molecule has 0 radical (unpaired) electrons. The normalized spacial score (nSPS) is 11.7. The number of nitrogens with one attached hydrogen (secondary N) is 1. The van der Waals surface area contributed by atoms with Gasteiger partial charge in [0, 0.05) is 10.5 Å². The molecule has 2 rings (SSSR count). The van der Waals surface area contributed by atoms with Crippen LogP contribution in [0.5, 0.6) is 5.75 Å². The summed E-state index contributed by atoms with van der Waals surface area (Å²) in [7, 11) is 1.64. The second-order valence-corrected chi connectivity index (χ2v) is 5.68. The zero-order valence-corrected chi connectivity index (χ0v) is 13.0. The van der Waals surface area contributed by atoms with Crippen molar-refractivity contribution in [1.29, 1.82) is 0 Å². The summed E-state index contributed by atoms with van der Waals surface area (Å²) >= 11 is 1.53. The first-order valence-corrected chi connectivity index (χ1v) is 7.79. The average Bonchev–Trinajstić information content (AvgIpc) is 2.53. The van der Waals surface area contributed by atoms with Crippen LogP contribution in [-0.4, -0.2) is 18.8 Å². The number of rotatable bonds is 6. The molecule has 110 valence electrons. The minimum Gasteiger partial charge on any atom is -0.496 e. The highest BCUT2D eigenvalue weighted by molar-refractivity contribution is 8.00. The number of amides is 1. The Morgan fingerprint density at radius 3 is 2.52 bits per heavy atom. The molecule has 0 spiro atoms. The number of carbonyl (C=O) groups is 1. The molecule has 1 unspecified atom stereocenters. The molecule has 0 heterocycles. The quantitative estimate of drug-likeness (QED) is 0.827. The lowest BCUT2D eigenvalue weighted by Crippen LogP contribution is -2.28. The molecule has 21 heavy (non-hydrogen) atoms. The highest BCUT2D eigenvalue weighted by Crippen LogP contribution is 2.24. The SMILES string of the molecule is COc1ccccc1C(C)NC(=O)CSc1ccccc1. The highest BCUT2D eigenvalue weighted by Gasteiger charge is 2.13. The maximum Gasteiger partial charge on any atom is 0.230 e. The minimum absolute atomic E-state index is 0.0160. The molecule has 1 atom stereocenters. The summed E-state index contributed by atoms with van der Waals surface area (Å²) in [5, 5.41) is 3.00. The summed E-state index contributed by atoms with van der Waals surface area (Å²) in [5.41, 5.74) is 0.984. The largest absolute Gasteiger partial charge is 0.496 e. The third kappa shape index (κ3) is 4.53. The van der Waals surface area contributed by atoms with E-state index in [1.807, 2.05) is 61.5 Å². The second kappa shape index (κ2) is 7.74. The Bertz CT molecular complexity index is 586. The Morgan fingerprint density at radius 2 is 1.81 bits per heavy atom. The zero-order valence-electron chi connectivity index (χ0n) is 12.2. The van der Waals surface area contributed by atoms with Crippen LogP contribution in [0.3, 0.4) is 0 Å². The lowest BCUT2D eigenvalue weighted by Gasteiger charge is -2.17. The summed E-state index contributed by atoms with van der Waals surface area (Å²) in [4.78, 5) is 13.1. The Labute approximate surface area is 129 Å². The smallest absolute Gasteiger partial charge is 0.230 e. The predicted octanol–water partition coefficient (Wildman–Crippen LogP) is 3.66. The maximum absolute atomic E-state index is 12.0. The molecule has 0 aromatic heterocycles. The van der Waals surface area contributed by atoms with E-state index in [1.54, 1.807) is 7.11 Å². The Kier molecular flexibility index (Phi) is 5.69. The molecular weight excluding hydrogens is 282 g/mol. The van der Waals surface area contributed by atoms with Gasteiger partial charge in [0.05, 0.1) is 18.9 Å². The molecule has 1 N–H and O–H groups in total. The number of para-hydroxylation sites is 1. The van der Waals surface area contributed by atoms with Crippen molar-refractivity contribution in [2.75, 3.05) is 12.9 Å². The van der Waals surface area contributed by atoms with Gasteiger partial charge in [-0.15, -0.1) is 11.8 Å². The van der Waals surface area contributed by atoms with Crippen LogP contribution < -0.4 is 10.1 Å². The number of ether oxygens (including phenoxy) is 1. The monoisotopic (exact) mass is 301 g/mol. The van der Waals surface area contributed by atoms with Crippen molar-refractivity contribution >= 4 is 17.7 Å². The maximum atomic E-state index is 12.0. The van der Waals surface area contributed by atoms with Crippen LogP contribution >= 0.6 is 11.8 Å². The molecule has 0 fully saturated rings. The van der Waals surface area contributed by atoms with Gasteiger partial charge in [-0.25, -0.2) is 0 Å². The van der Waals surface area contributed by atoms with Gasteiger partial charge in [-0.05, 0) is 25.1 Å². The van der Waals surface area contributed by atoms with E-state index in [0.717, 1.165) is 16.2 Å². The fraction of sp³-hybridized carbons (Fsp3) is 0.235. The Morgan fingerprint density at radius 1 is 1.14 bits per heavy atom. The van der Waals surface area contributed by atoms with E-state index >= 15 is 0 Å². The fourth-order valence-corrected chi connectivity index (χ4v) is 2.78. The molecule has 0 saturated heterocycles. The van der Waals surface area contributed by atoms with Gasteiger partial charge in [-0.2, -0.15) is 0 Å². The van der Waals surface area contributed by atoms with Crippen LogP contribution in [0, 0.1) is 0 Å². The first-order chi connectivity index (χ1) is 10.2. The van der Waals surface area contributed by atoms with Crippen LogP contribution in [0.1, 0.15) is 18.5 Å². The first kappa shape index (κ1) is 15.4. The van der Waals surface area contributed by atoms with Crippen molar-refractivity contribution < 1.29 is 9.53 Å². The molecular formula is C17H19NO2S. The summed E-state index contributed by atoms with van der Waals surface area (Å²) in [6, 6.07) is 17.6. The van der Waals surface area contributed by atoms with Crippen molar-refractivity contribution in [2.24, 2.45) is 0 Å². The molecule has 0 saturated carbocycles. The molecule has 0 aliphatic rings. The van der Waals surface area contributed by atoms with Gasteiger partial charge < -0.3 is 10.1 Å². The number of thioether (sulfide) groups is 1. The van der Waals surface area contributed by atoms with Gasteiger partial charge in [0.25, 0.3) is 0 Å². The molecule has 2 aromatic rings. The van der Waals surface area contributed by atoms with E-state index in [4.69, 9.17) is 4.74 Å². The standard InChI is InChI=1S/C17H19NO2S/c1-13(15-10-6-7-11-16(15)20-2)18-17(19)12-21-14-8-4-3-5-9-14/h3-11,13H,12H2,1-2H3,(H,18,19). The molecule has 1 amide bonds. The van der Waals surface area contributed by atoms with Crippen LogP contribution in [0.25, 0.3) is 0 Å². The van der Waals surface area contributed by atoms with E-state index in [1.165, 1.54) is 11.8 Å². The van der Waals surface area contributed by atoms with E-state index in [2.05, 4.69) is 5.32 Å². The average molecular weight is 301 g/mol. The summed E-state index contributed by atoms with van der Waals surface area (Å²) < 4.78 is 5.32. The minimum atomic E-state index is -0.0787. The first-order valence-electron chi connectivity index (χ1n) is 6.81. The molecule has 2 aromatic carbocycles. The van der Waals surface area contributed by atoms with Gasteiger partial charge >= 0.3 is 0 Å². The van der Waals surface area contributed by atoms with Crippen LogP contribution in [-0.2, 0) is 4.79 Å². The lowest BCUT2D eigenvalue weighted by atomic mass is 10.1. The number of hydrogen-bond donors (Lipinski definition) is 1. The Balaban J connectivity index is 1.90. The summed E-state index contributed by atoms with van der Waals surface area (Å²) in [6.45, 7) is 1.96. The van der Waals surface area contributed by atoms with E-state index in [0.29, 0.717) is 5.75 Å². The van der Waals surface area contributed by atoms with Crippen LogP contribution in [0.15, 0.2) is 59.5 Å². The van der Waals surface area contributed by atoms with Crippen molar-refractivity contribution in [1.82, 2.24) is 5.32 Å². The van der Waals surface area contributed by atoms with Gasteiger partial charge in [0.2, 0.25) is 5.91 Å². The predicted molar refractivity (Wildman–Crippen MR) is 86.7 cm³/mol. The zero-order chi connectivity index (χ0) is 15.1. The van der Waals surface area contributed by atoms with Crippen molar-refractivity contribution in [2.45, 2.75) is 17.9 Å². The Hall–Kier alpha value is -1.94. The number of methoxy groups -OCH3 is 1. The summed E-state index contributed by atoms with van der Waals surface area (Å²) in [6.07, 6.45) is 0. The third-order valence-corrected chi connectivity index (χ3v) is 4.11. The highest BCUT2D eigenvalue weighted by atomic mass is 32.2. The third-order valence-electron chi connectivity index (χ3n) is 3.10. The molecule has 0 aliphatic carbocycles. The number of carbonyl (C=O) groups excluding carboxylic acids is 1. The van der Waals surface area contributed by atoms with Crippen molar-refractivity contribution in [3.63, 3.8) is 0 Å².